The Morgan fingerprint density at radius 3 is 2.08 bits per heavy atom. The number of likely N-dealkylation sites (N-methyl/N-ethyl adjacent to an activating group) is 1. The van der Waals surface area contributed by atoms with E-state index in [1.807, 2.05) is 42.5 Å². The second kappa shape index (κ2) is 8.48. The summed E-state index contributed by atoms with van der Waals surface area (Å²) < 4.78 is 0. The van der Waals surface area contributed by atoms with Crippen molar-refractivity contribution in [2.45, 2.75) is 0 Å². The first kappa shape index (κ1) is 17.2. The first-order chi connectivity index (χ1) is 11.6. The van der Waals surface area contributed by atoms with Crippen molar-refractivity contribution < 1.29 is 9.59 Å². The monoisotopic (exact) mass is 320 g/mol. The predicted molar refractivity (Wildman–Crippen MR) is 96.2 cm³/mol. The van der Waals surface area contributed by atoms with Gasteiger partial charge in [0.2, 0.25) is 0 Å². The molecule has 0 aromatic heterocycles. The molecule has 0 fully saturated rings. The number of carbonyl (C=O) groups excluding carboxylic acids is 2. The van der Waals surface area contributed by atoms with Gasteiger partial charge in [-0.05, 0) is 23.8 Å². The van der Waals surface area contributed by atoms with Gasteiger partial charge in [0.05, 0.1) is 0 Å². The highest BCUT2D eigenvalue weighted by Crippen LogP contribution is 2.05. The number of amides is 2. The summed E-state index contributed by atoms with van der Waals surface area (Å²) in [7, 11) is 3.29. The van der Waals surface area contributed by atoms with E-state index in [0.717, 1.165) is 5.56 Å². The zero-order valence-corrected chi connectivity index (χ0v) is 13.8. The molecular weight excluding hydrogens is 300 g/mol. The van der Waals surface area contributed by atoms with Crippen LogP contribution in [0.3, 0.4) is 0 Å². The average Bonchev–Trinajstić information content (AvgIpc) is 2.61. The summed E-state index contributed by atoms with van der Waals surface area (Å²) in [4.78, 5) is 26.0. The minimum Gasteiger partial charge on any atom is -0.344 e. The minimum atomic E-state index is -0.315. The number of benzene rings is 2. The van der Waals surface area contributed by atoms with E-state index in [9.17, 15) is 9.59 Å². The van der Waals surface area contributed by atoms with Gasteiger partial charge in [0.15, 0.2) is 0 Å². The molecule has 2 aromatic rings. The molecule has 0 atom stereocenters. The fraction of sp³-hybridized carbons (Fsp3) is 0.100. The lowest BCUT2D eigenvalue weighted by Crippen LogP contribution is -2.34. The van der Waals surface area contributed by atoms with Crippen LogP contribution in [0, 0.1) is 0 Å². The largest absolute Gasteiger partial charge is 0.344 e. The molecule has 122 valence electrons. The Labute approximate surface area is 142 Å². The van der Waals surface area contributed by atoms with Crippen LogP contribution in [0.1, 0.15) is 15.9 Å². The van der Waals surface area contributed by atoms with E-state index in [1.54, 1.807) is 50.5 Å². The Balaban J connectivity index is 2.18. The van der Waals surface area contributed by atoms with Gasteiger partial charge in [-0.15, -0.1) is 0 Å². The Morgan fingerprint density at radius 1 is 0.917 bits per heavy atom. The fourth-order valence-corrected chi connectivity index (χ4v) is 2.01. The lowest BCUT2D eigenvalue weighted by atomic mass is 10.2. The van der Waals surface area contributed by atoms with Crippen LogP contribution in [-0.2, 0) is 4.79 Å². The number of hydrogen-bond donors (Lipinski definition) is 1. The number of allylic oxidation sites excluding steroid dienone is 2. The second-order valence-electron chi connectivity index (χ2n) is 5.37. The van der Waals surface area contributed by atoms with Crippen LogP contribution in [-0.4, -0.2) is 30.8 Å². The van der Waals surface area contributed by atoms with Crippen molar-refractivity contribution in [3.63, 3.8) is 0 Å². The summed E-state index contributed by atoms with van der Waals surface area (Å²) in [5.41, 5.74) is 1.74. The van der Waals surface area contributed by atoms with E-state index in [0.29, 0.717) is 5.56 Å². The molecule has 0 heterocycles. The molecule has 0 aliphatic carbocycles. The molecule has 2 rings (SSSR count). The lowest BCUT2D eigenvalue weighted by molar-refractivity contribution is -0.125. The summed E-state index contributed by atoms with van der Waals surface area (Å²) in [5, 5.41) is 2.68. The Hall–Kier alpha value is -3.14. The summed E-state index contributed by atoms with van der Waals surface area (Å²) in [6.45, 7) is 0. The molecule has 24 heavy (non-hydrogen) atoms. The smallest absolute Gasteiger partial charge is 0.269 e. The van der Waals surface area contributed by atoms with Gasteiger partial charge in [-0.2, -0.15) is 0 Å². The molecule has 1 N–H and O–H groups in total. The van der Waals surface area contributed by atoms with Crippen molar-refractivity contribution in [2.75, 3.05) is 14.1 Å². The first-order valence-electron chi connectivity index (χ1n) is 7.59. The van der Waals surface area contributed by atoms with Crippen LogP contribution in [0.4, 0.5) is 0 Å². The first-order valence-corrected chi connectivity index (χ1v) is 7.59. The van der Waals surface area contributed by atoms with Gasteiger partial charge < -0.3 is 10.2 Å². The molecule has 0 radical (unpaired) electrons. The molecule has 0 aliphatic rings. The van der Waals surface area contributed by atoms with Crippen molar-refractivity contribution in [1.29, 1.82) is 0 Å². The standard InChI is InChI=1S/C20H20N2O2/c1-22(2)20(24)18(15-9-12-16-10-5-3-6-11-16)21-19(23)17-13-7-4-8-14-17/h3-15H,1-2H3,(H,21,23)/b12-9+,18-15-. The number of hydrogen-bond acceptors (Lipinski definition) is 2. The van der Waals surface area contributed by atoms with Crippen LogP contribution in [0.25, 0.3) is 6.08 Å². The highest BCUT2D eigenvalue weighted by Gasteiger charge is 2.15. The maximum Gasteiger partial charge on any atom is 0.269 e. The van der Waals surface area contributed by atoms with Gasteiger partial charge in [0, 0.05) is 19.7 Å². The van der Waals surface area contributed by atoms with Crippen LogP contribution in [0.5, 0.6) is 0 Å². The maximum atomic E-state index is 12.3. The van der Waals surface area contributed by atoms with E-state index < -0.39 is 0 Å². The topological polar surface area (TPSA) is 49.4 Å². The van der Waals surface area contributed by atoms with Crippen molar-refractivity contribution in [3.8, 4) is 0 Å². The third kappa shape index (κ3) is 4.95. The third-order valence-corrected chi connectivity index (χ3v) is 3.27. The van der Waals surface area contributed by atoms with E-state index in [4.69, 9.17) is 0 Å². The second-order valence-corrected chi connectivity index (χ2v) is 5.37. The number of carbonyl (C=O) groups is 2. The van der Waals surface area contributed by atoms with Crippen LogP contribution < -0.4 is 5.32 Å². The Kier molecular flexibility index (Phi) is 6.08. The molecule has 0 bridgehead atoms. The average molecular weight is 320 g/mol. The summed E-state index contributed by atoms with van der Waals surface area (Å²) in [6.07, 6.45) is 5.23. The molecule has 0 saturated carbocycles. The van der Waals surface area contributed by atoms with Crippen LogP contribution in [0.2, 0.25) is 0 Å². The highest BCUT2D eigenvalue weighted by molar-refractivity contribution is 6.02. The van der Waals surface area contributed by atoms with Gasteiger partial charge in [0.25, 0.3) is 11.8 Å². The van der Waals surface area contributed by atoms with Gasteiger partial charge in [-0.1, -0.05) is 60.7 Å². The van der Waals surface area contributed by atoms with Gasteiger partial charge in [0.1, 0.15) is 5.70 Å². The zero-order valence-electron chi connectivity index (χ0n) is 13.8. The molecule has 4 nitrogen and oxygen atoms in total. The van der Waals surface area contributed by atoms with Crippen LogP contribution >= 0.6 is 0 Å². The predicted octanol–water partition coefficient (Wildman–Crippen LogP) is 3.10. The van der Waals surface area contributed by atoms with Crippen LogP contribution in [0.15, 0.2) is 78.5 Å². The van der Waals surface area contributed by atoms with Crippen molar-refractivity contribution >= 4 is 17.9 Å². The van der Waals surface area contributed by atoms with E-state index in [1.165, 1.54) is 4.90 Å². The number of nitrogens with zero attached hydrogens (tertiary/aromatic N) is 1. The quantitative estimate of drug-likeness (QED) is 0.680. The molecule has 2 aromatic carbocycles. The maximum absolute atomic E-state index is 12.3. The van der Waals surface area contributed by atoms with E-state index >= 15 is 0 Å². The Morgan fingerprint density at radius 2 is 1.50 bits per heavy atom. The van der Waals surface area contributed by atoms with E-state index in [-0.39, 0.29) is 17.5 Å². The third-order valence-electron chi connectivity index (χ3n) is 3.27. The SMILES string of the molecule is CN(C)C(=O)/C(=C/C=C/c1ccccc1)NC(=O)c1ccccc1. The lowest BCUT2D eigenvalue weighted by Gasteiger charge is -2.14. The fourth-order valence-electron chi connectivity index (χ4n) is 2.01. The summed E-state index contributed by atoms with van der Waals surface area (Å²) >= 11 is 0. The van der Waals surface area contributed by atoms with Crippen molar-refractivity contribution in [2.24, 2.45) is 0 Å². The molecule has 0 spiro atoms. The number of rotatable bonds is 5. The van der Waals surface area contributed by atoms with Gasteiger partial charge in [-0.25, -0.2) is 0 Å². The summed E-state index contributed by atoms with van der Waals surface area (Å²) in [5.74, 6) is -0.581. The molecule has 0 unspecified atom stereocenters. The molecule has 4 heteroatoms. The number of nitrogens with one attached hydrogen (secondary N) is 1. The summed E-state index contributed by atoms with van der Waals surface area (Å²) in [6, 6.07) is 18.5. The van der Waals surface area contributed by atoms with Gasteiger partial charge >= 0.3 is 0 Å². The van der Waals surface area contributed by atoms with Crippen molar-refractivity contribution in [1.82, 2.24) is 10.2 Å². The van der Waals surface area contributed by atoms with Crippen molar-refractivity contribution in [3.05, 3.63) is 89.6 Å². The zero-order chi connectivity index (χ0) is 17.4. The molecule has 0 aliphatic heterocycles. The molecule has 0 saturated heterocycles. The highest BCUT2D eigenvalue weighted by atomic mass is 16.2. The Bertz CT molecular complexity index is 748. The molecule has 2 amide bonds. The molecular formula is C20H20N2O2. The van der Waals surface area contributed by atoms with E-state index in [2.05, 4.69) is 5.32 Å². The van der Waals surface area contributed by atoms with Gasteiger partial charge in [-0.3, -0.25) is 9.59 Å². The minimum absolute atomic E-state index is 0.223. The normalized spacial score (nSPS) is 11.3.